The molecule has 2 aliphatic rings. The Kier molecular flexibility index (Phi) is 3.96. The second-order valence-electron chi connectivity index (χ2n) is 6.88. The predicted molar refractivity (Wildman–Crippen MR) is 105 cm³/mol. The number of carbonyl (C=O) groups is 1. The number of H-pyrrole nitrogens is 1. The van der Waals surface area contributed by atoms with Crippen molar-refractivity contribution in [2.24, 2.45) is 10.9 Å². The van der Waals surface area contributed by atoms with Gasteiger partial charge in [-0.2, -0.15) is 10.4 Å². The fourth-order valence-electron chi connectivity index (χ4n) is 3.92. The zero-order chi connectivity index (χ0) is 20.1. The van der Waals surface area contributed by atoms with Crippen molar-refractivity contribution in [3.63, 3.8) is 0 Å². The molecule has 1 fully saturated rings. The van der Waals surface area contributed by atoms with Gasteiger partial charge in [-0.3, -0.25) is 14.9 Å². The van der Waals surface area contributed by atoms with Crippen molar-refractivity contribution in [2.75, 3.05) is 6.61 Å². The summed E-state index contributed by atoms with van der Waals surface area (Å²) in [6.45, 7) is 0.0192. The SMILES string of the molecule is N#CC1=C(c2ccc(Cl)cc2)N=C2COC(=O)C2C1c1cc2cn[nH]c2cc1F. The Morgan fingerprint density at radius 1 is 1.24 bits per heavy atom. The van der Waals surface area contributed by atoms with Crippen LogP contribution in [-0.2, 0) is 9.53 Å². The van der Waals surface area contributed by atoms with Gasteiger partial charge >= 0.3 is 5.97 Å². The number of aliphatic imine (C=N–C) groups is 1. The molecule has 2 atom stereocenters. The van der Waals surface area contributed by atoms with E-state index in [1.165, 1.54) is 6.07 Å². The highest BCUT2D eigenvalue weighted by molar-refractivity contribution is 6.30. The van der Waals surface area contributed by atoms with E-state index >= 15 is 4.39 Å². The number of aromatic amines is 1. The third-order valence-electron chi connectivity index (χ3n) is 5.26. The summed E-state index contributed by atoms with van der Waals surface area (Å²) in [6.07, 6.45) is 1.57. The topological polar surface area (TPSA) is 91.1 Å². The van der Waals surface area contributed by atoms with Gasteiger partial charge in [-0.15, -0.1) is 0 Å². The lowest BCUT2D eigenvalue weighted by atomic mass is 9.75. The number of cyclic esters (lactones) is 1. The van der Waals surface area contributed by atoms with Crippen LogP contribution in [0.15, 0.2) is 53.2 Å². The van der Waals surface area contributed by atoms with E-state index in [4.69, 9.17) is 16.3 Å². The molecule has 29 heavy (non-hydrogen) atoms. The third kappa shape index (κ3) is 2.72. The number of rotatable bonds is 2. The highest BCUT2D eigenvalue weighted by Crippen LogP contribution is 2.45. The maximum absolute atomic E-state index is 15.1. The van der Waals surface area contributed by atoms with Gasteiger partial charge < -0.3 is 4.74 Å². The largest absolute Gasteiger partial charge is 0.459 e. The monoisotopic (exact) mass is 406 g/mol. The Bertz CT molecular complexity index is 1270. The van der Waals surface area contributed by atoms with Crippen LogP contribution in [0.1, 0.15) is 17.0 Å². The number of ether oxygens (including phenoxy) is 1. The quantitative estimate of drug-likeness (QED) is 0.651. The fourth-order valence-corrected chi connectivity index (χ4v) is 4.04. The standard InChI is InChI=1S/C21H12ClFN4O2/c22-12-3-1-10(2-4-12)20-14(7-24)18(19-17(26-20)9-29-21(19)28)13-5-11-8-25-27-16(11)6-15(13)23/h1-6,8,18-19H,9H2,(H,25,27). The average Bonchev–Trinajstić information content (AvgIpc) is 3.32. The van der Waals surface area contributed by atoms with Crippen LogP contribution >= 0.6 is 11.6 Å². The summed E-state index contributed by atoms with van der Waals surface area (Å²) < 4.78 is 20.3. The molecule has 0 bridgehead atoms. The van der Waals surface area contributed by atoms with Gasteiger partial charge in [0, 0.05) is 21.9 Å². The number of nitrogens with zero attached hydrogens (tertiary/aromatic N) is 3. The van der Waals surface area contributed by atoms with E-state index in [9.17, 15) is 10.1 Å². The normalized spacial score (nSPS) is 21.0. The lowest BCUT2D eigenvalue weighted by molar-refractivity contribution is -0.141. The number of hydrogen-bond acceptors (Lipinski definition) is 5. The molecular formula is C21H12ClFN4O2. The number of esters is 1. The Labute approximate surface area is 169 Å². The van der Waals surface area contributed by atoms with Crippen molar-refractivity contribution < 1.29 is 13.9 Å². The maximum Gasteiger partial charge on any atom is 0.316 e. The van der Waals surface area contributed by atoms with Crippen LogP contribution in [0.3, 0.4) is 0 Å². The Morgan fingerprint density at radius 3 is 2.79 bits per heavy atom. The summed E-state index contributed by atoms with van der Waals surface area (Å²) in [6, 6.07) is 12.0. The minimum absolute atomic E-state index is 0.0192. The molecule has 1 saturated heterocycles. The second-order valence-corrected chi connectivity index (χ2v) is 7.31. The van der Waals surface area contributed by atoms with Gasteiger partial charge in [0.1, 0.15) is 18.3 Å². The van der Waals surface area contributed by atoms with Crippen molar-refractivity contribution in [3.8, 4) is 6.07 Å². The predicted octanol–water partition coefficient (Wildman–Crippen LogP) is 4.00. The molecule has 1 aromatic heterocycles. The first-order valence-electron chi connectivity index (χ1n) is 8.83. The summed E-state index contributed by atoms with van der Waals surface area (Å²) in [5.74, 6) is -2.72. The molecule has 0 spiro atoms. The molecule has 0 radical (unpaired) electrons. The molecule has 2 aromatic carbocycles. The Hall–Kier alpha value is -3.50. The van der Waals surface area contributed by atoms with Crippen molar-refractivity contribution in [1.82, 2.24) is 10.2 Å². The number of carbonyl (C=O) groups excluding carboxylic acids is 1. The van der Waals surface area contributed by atoms with Crippen LogP contribution in [0, 0.1) is 23.1 Å². The molecule has 3 aromatic rings. The van der Waals surface area contributed by atoms with Crippen molar-refractivity contribution in [3.05, 3.63) is 70.1 Å². The number of allylic oxidation sites excluding steroid dienone is 1. The number of nitriles is 1. The van der Waals surface area contributed by atoms with Crippen LogP contribution in [0.4, 0.5) is 4.39 Å². The molecule has 142 valence electrons. The second kappa shape index (κ2) is 6.54. The maximum atomic E-state index is 15.1. The number of fused-ring (bicyclic) bond motifs is 2. The summed E-state index contributed by atoms with van der Waals surface area (Å²) in [5, 5.41) is 17.8. The summed E-state index contributed by atoms with van der Waals surface area (Å²) >= 11 is 5.98. The lowest BCUT2D eigenvalue weighted by Crippen LogP contribution is -2.29. The number of nitrogens with one attached hydrogen (secondary N) is 1. The van der Waals surface area contributed by atoms with E-state index in [-0.39, 0.29) is 17.7 Å². The average molecular weight is 407 g/mol. The summed E-state index contributed by atoms with van der Waals surface area (Å²) in [7, 11) is 0. The van der Waals surface area contributed by atoms with E-state index < -0.39 is 23.6 Å². The van der Waals surface area contributed by atoms with Crippen molar-refractivity contribution in [2.45, 2.75) is 5.92 Å². The van der Waals surface area contributed by atoms with Crippen molar-refractivity contribution in [1.29, 1.82) is 5.26 Å². The minimum atomic E-state index is -0.840. The van der Waals surface area contributed by atoms with Crippen LogP contribution in [-0.4, -0.2) is 28.5 Å². The van der Waals surface area contributed by atoms with E-state index in [1.807, 2.05) is 0 Å². The third-order valence-corrected chi connectivity index (χ3v) is 5.51. The number of hydrogen-bond donors (Lipinski definition) is 1. The van der Waals surface area contributed by atoms with E-state index in [0.717, 1.165) is 0 Å². The summed E-state index contributed by atoms with van der Waals surface area (Å²) in [4.78, 5) is 17.0. The fraction of sp³-hybridized carbons (Fsp3) is 0.143. The first kappa shape index (κ1) is 17.6. The van der Waals surface area contributed by atoms with Crippen LogP contribution < -0.4 is 0 Å². The first-order chi connectivity index (χ1) is 14.1. The molecule has 5 rings (SSSR count). The molecule has 0 amide bonds. The first-order valence-corrected chi connectivity index (χ1v) is 9.21. The van der Waals surface area contributed by atoms with Crippen LogP contribution in [0.25, 0.3) is 16.6 Å². The van der Waals surface area contributed by atoms with Gasteiger partial charge in [-0.25, -0.2) is 4.39 Å². The van der Waals surface area contributed by atoms with Gasteiger partial charge in [-0.1, -0.05) is 23.7 Å². The van der Waals surface area contributed by atoms with Crippen molar-refractivity contribution >= 4 is 39.9 Å². The number of benzene rings is 2. The Morgan fingerprint density at radius 2 is 2.03 bits per heavy atom. The lowest BCUT2D eigenvalue weighted by Gasteiger charge is -2.27. The molecule has 6 nitrogen and oxygen atoms in total. The minimum Gasteiger partial charge on any atom is -0.459 e. The van der Waals surface area contributed by atoms with E-state index in [0.29, 0.717) is 32.9 Å². The number of aromatic nitrogens is 2. The Balaban J connectivity index is 1.77. The van der Waals surface area contributed by atoms with Gasteiger partial charge in [0.05, 0.1) is 34.8 Å². The molecule has 0 aliphatic carbocycles. The van der Waals surface area contributed by atoms with Gasteiger partial charge in [0.2, 0.25) is 0 Å². The highest BCUT2D eigenvalue weighted by atomic mass is 35.5. The van der Waals surface area contributed by atoms with E-state index in [2.05, 4.69) is 21.3 Å². The van der Waals surface area contributed by atoms with Gasteiger partial charge in [-0.05, 0) is 29.8 Å². The van der Waals surface area contributed by atoms with E-state index in [1.54, 1.807) is 36.5 Å². The zero-order valence-corrected chi connectivity index (χ0v) is 15.6. The number of halogens is 2. The molecular weight excluding hydrogens is 395 g/mol. The van der Waals surface area contributed by atoms with Gasteiger partial charge in [0.25, 0.3) is 0 Å². The highest BCUT2D eigenvalue weighted by Gasteiger charge is 2.46. The van der Waals surface area contributed by atoms with Gasteiger partial charge in [0.15, 0.2) is 0 Å². The molecule has 3 heterocycles. The van der Waals surface area contributed by atoms with Crippen LogP contribution in [0.5, 0.6) is 0 Å². The summed E-state index contributed by atoms with van der Waals surface area (Å²) in [5.41, 5.74) is 2.51. The smallest absolute Gasteiger partial charge is 0.316 e. The zero-order valence-electron chi connectivity index (χ0n) is 14.8. The molecule has 0 saturated carbocycles. The molecule has 8 heteroatoms. The molecule has 2 unspecified atom stereocenters. The van der Waals surface area contributed by atoms with Crippen LogP contribution in [0.2, 0.25) is 5.02 Å². The molecule has 2 aliphatic heterocycles. The molecule has 1 N–H and O–H groups in total.